The maximum atomic E-state index is 5.59. The summed E-state index contributed by atoms with van der Waals surface area (Å²) in [4.78, 5) is 8.29. The lowest BCUT2D eigenvalue weighted by molar-refractivity contribution is 0.400. The number of aromatic nitrogens is 2. The summed E-state index contributed by atoms with van der Waals surface area (Å²) >= 11 is 0. The van der Waals surface area contributed by atoms with E-state index in [1.165, 1.54) is 0 Å². The summed E-state index contributed by atoms with van der Waals surface area (Å²) in [6.45, 7) is 0. The molecule has 2 rings (SSSR count). The van der Waals surface area contributed by atoms with Crippen molar-refractivity contribution >= 4 is 0 Å². The number of methoxy groups -OCH3 is 1. The fourth-order valence-electron chi connectivity index (χ4n) is 1.68. The Balaban J connectivity index is 2.42. The lowest BCUT2D eigenvalue weighted by atomic mass is 10.0. The molecule has 2 aromatic rings. The summed E-state index contributed by atoms with van der Waals surface area (Å²) in [7, 11) is 1.61. The second-order valence-electron chi connectivity index (χ2n) is 3.47. The molecule has 1 atom stereocenters. The number of nitrogens with one attached hydrogen (secondary N) is 1. The van der Waals surface area contributed by atoms with Crippen LogP contribution in [0.2, 0.25) is 0 Å². The van der Waals surface area contributed by atoms with E-state index in [9.17, 15) is 0 Å². The number of hydrazine groups is 1. The lowest BCUT2D eigenvalue weighted by Gasteiger charge is -2.17. The number of nitrogens with two attached hydrogens (primary N) is 1. The van der Waals surface area contributed by atoms with Crippen LogP contribution in [0.3, 0.4) is 0 Å². The number of nitrogens with zero attached hydrogens (tertiary/aromatic N) is 2. The Morgan fingerprint density at radius 1 is 1.24 bits per heavy atom. The zero-order chi connectivity index (χ0) is 12.1. The van der Waals surface area contributed by atoms with Crippen molar-refractivity contribution in [2.45, 2.75) is 6.04 Å². The van der Waals surface area contributed by atoms with E-state index in [-0.39, 0.29) is 6.04 Å². The first-order chi connectivity index (χ1) is 8.36. The van der Waals surface area contributed by atoms with Crippen LogP contribution in [-0.4, -0.2) is 17.1 Å². The van der Waals surface area contributed by atoms with E-state index >= 15 is 0 Å². The van der Waals surface area contributed by atoms with Gasteiger partial charge in [-0.1, -0.05) is 0 Å². The van der Waals surface area contributed by atoms with Gasteiger partial charge in [0, 0.05) is 18.6 Å². The van der Waals surface area contributed by atoms with Crippen molar-refractivity contribution in [3.63, 3.8) is 0 Å². The molecule has 5 nitrogen and oxygen atoms in total. The topological polar surface area (TPSA) is 73.1 Å². The molecule has 0 aliphatic carbocycles. The molecule has 0 fully saturated rings. The molecule has 0 aliphatic rings. The monoisotopic (exact) mass is 230 g/mol. The van der Waals surface area contributed by atoms with Crippen LogP contribution < -0.4 is 16.0 Å². The smallest absolute Gasteiger partial charge is 0.142 e. The summed E-state index contributed by atoms with van der Waals surface area (Å²) in [5.41, 5.74) is 4.48. The number of rotatable bonds is 4. The van der Waals surface area contributed by atoms with Gasteiger partial charge in [0.2, 0.25) is 0 Å². The predicted octanol–water partition coefficient (Wildman–Crippen LogP) is 1.04. The van der Waals surface area contributed by atoms with Crippen LogP contribution in [0, 0.1) is 0 Å². The van der Waals surface area contributed by atoms with Crippen LogP contribution in [0.5, 0.6) is 5.75 Å². The molecule has 2 aromatic heterocycles. The average Bonchev–Trinajstić information content (AvgIpc) is 2.41. The van der Waals surface area contributed by atoms with Crippen molar-refractivity contribution in [2.75, 3.05) is 7.11 Å². The third kappa shape index (κ3) is 2.41. The van der Waals surface area contributed by atoms with E-state index in [4.69, 9.17) is 10.6 Å². The Morgan fingerprint density at radius 3 is 2.65 bits per heavy atom. The zero-order valence-electron chi connectivity index (χ0n) is 9.50. The van der Waals surface area contributed by atoms with Crippen LogP contribution in [-0.2, 0) is 0 Å². The minimum Gasteiger partial charge on any atom is -0.495 e. The quantitative estimate of drug-likeness (QED) is 0.606. The Bertz CT molecular complexity index is 475. The second kappa shape index (κ2) is 5.38. The van der Waals surface area contributed by atoms with Gasteiger partial charge >= 0.3 is 0 Å². The summed E-state index contributed by atoms with van der Waals surface area (Å²) < 4.78 is 5.28. The normalized spacial score (nSPS) is 12.1. The molecule has 0 aliphatic heterocycles. The maximum absolute atomic E-state index is 5.59. The Hall–Kier alpha value is -1.98. The van der Waals surface area contributed by atoms with E-state index in [0.29, 0.717) is 5.75 Å². The molecule has 0 bridgehead atoms. The van der Waals surface area contributed by atoms with Crippen molar-refractivity contribution in [2.24, 2.45) is 5.84 Å². The van der Waals surface area contributed by atoms with Crippen LogP contribution in [0.15, 0.2) is 42.9 Å². The minimum absolute atomic E-state index is 0.214. The van der Waals surface area contributed by atoms with Gasteiger partial charge in [0.1, 0.15) is 11.4 Å². The maximum Gasteiger partial charge on any atom is 0.142 e. The third-order valence-corrected chi connectivity index (χ3v) is 2.50. The number of hydrogen-bond donors (Lipinski definition) is 2. The molecule has 0 aromatic carbocycles. The summed E-state index contributed by atoms with van der Waals surface area (Å²) in [5, 5.41) is 0. The molecule has 0 saturated heterocycles. The van der Waals surface area contributed by atoms with Gasteiger partial charge in [0.05, 0.1) is 13.2 Å². The van der Waals surface area contributed by atoms with E-state index in [2.05, 4.69) is 15.4 Å². The highest BCUT2D eigenvalue weighted by Gasteiger charge is 2.17. The Labute approximate surface area is 99.6 Å². The molecular weight excluding hydrogens is 216 g/mol. The number of hydrogen-bond acceptors (Lipinski definition) is 5. The van der Waals surface area contributed by atoms with Gasteiger partial charge in [0.15, 0.2) is 0 Å². The average molecular weight is 230 g/mol. The summed E-state index contributed by atoms with van der Waals surface area (Å²) in [6, 6.07) is 7.24. The Kier molecular flexibility index (Phi) is 3.64. The molecule has 1 unspecified atom stereocenters. The number of pyridine rings is 2. The zero-order valence-corrected chi connectivity index (χ0v) is 9.50. The second-order valence-corrected chi connectivity index (χ2v) is 3.47. The summed E-state index contributed by atoms with van der Waals surface area (Å²) in [5.74, 6) is 6.30. The van der Waals surface area contributed by atoms with E-state index in [0.717, 1.165) is 11.3 Å². The first kappa shape index (κ1) is 11.5. The van der Waals surface area contributed by atoms with Gasteiger partial charge in [0.25, 0.3) is 0 Å². The predicted molar refractivity (Wildman–Crippen MR) is 64.2 cm³/mol. The fourth-order valence-corrected chi connectivity index (χ4v) is 1.68. The molecule has 0 saturated carbocycles. The van der Waals surface area contributed by atoms with Crippen LogP contribution in [0.25, 0.3) is 0 Å². The molecule has 88 valence electrons. The van der Waals surface area contributed by atoms with Gasteiger partial charge in [-0.3, -0.25) is 15.8 Å². The largest absolute Gasteiger partial charge is 0.495 e. The molecular formula is C12H14N4O. The van der Waals surface area contributed by atoms with Crippen LogP contribution in [0.4, 0.5) is 0 Å². The third-order valence-electron chi connectivity index (χ3n) is 2.50. The standard InChI is InChI=1S/C12H14N4O/c1-17-10-3-2-6-15-12(10)11(16-13)9-4-7-14-8-5-9/h2-8,11,16H,13H2,1H3. The van der Waals surface area contributed by atoms with Gasteiger partial charge in [-0.2, -0.15) is 0 Å². The van der Waals surface area contributed by atoms with Crippen molar-refractivity contribution in [1.82, 2.24) is 15.4 Å². The molecule has 0 amide bonds. The van der Waals surface area contributed by atoms with Gasteiger partial charge in [-0.25, -0.2) is 5.43 Å². The van der Waals surface area contributed by atoms with Crippen molar-refractivity contribution in [3.05, 3.63) is 54.1 Å². The highest BCUT2D eigenvalue weighted by atomic mass is 16.5. The first-order valence-electron chi connectivity index (χ1n) is 5.21. The van der Waals surface area contributed by atoms with Gasteiger partial charge in [-0.15, -0.1) is 0 Å². The van der Waals surface area contributed by atoms with Crippen molar-refractivity contribution in [3.8, 4) is 5.75 Å². The SMILES string of the molecule is COc1cccnc1C(NN)c1ccncc1. The molecule has 17 heavy (non-hydrogen) atoms. The molecule has 0 spiro atoms. The van der Waals surface area contributed by atoms with Crippen molar-refractivity contribution < 1.29 is 4.74 Å². The van der Waals surface area contributed by atoms with Gasteiger partial charge < -0.3 is 4.74 Å². The Morgan fingerprint density at radius 2 is 2.00 bits per heavy atom. The summed E-state index contributed by atoms with van der Waals surface area (Å²) in [6.07, 6.45) is 5.15. The first-order valence-corrected chi connectivity index (χ1v) is 5.21. The van der Waals surface area contributed by atoms with Crippen LogP contribution >= 0.6 is 0 Å². The van der Waals surface area contributed by atoms with E-state index in [1.807, 2.05) is 24.3 Å². The molecule has 0 radical (unpaired) electrons. The van der Waals surface area contributed by atoms with Gasteiger partial charge in [-0.05, 0) is 29.8 Å². The number of ether oxygens (including phenoxy) is 1. The van der Waals surface area contributed by atoms with E-state index < -0.39 is 0 Å². The van der Waals surface area contributed by atoms with E-state index in [1.54, 1.807) is 25.7 Å². The molecule has 2 heterocycles. The molecule has 3 N–H and O–H groups in total. The molecule has 5 heteroatoms. The highest BCUT2D eigenvalue weighted by molar-refractivity contribution is 5.35. The minimum atomic E-state index is -0.214. The van der Waals surface area contributed by atoms with Crippen LogP contribution in [0.1, 0.15) is 17.3 Å². The van der Waals surface area contributed by atoms with Crippen molar-refractivity contribution in [1.29, 1.82) is 0 Å². The fraction of sp³-hybridized carbons (Fsp3) is 0.167. The highest BCUT2D eigenvalue weighted by Crippen LogP contribution is 2.26. The lowest BCUT2D eigenvalue weighted by Crippen LogP contribution is -2.29.